The average Bonchev–Trinajstić information content (AvgIpc) is 3.30. The van der Waals surface area contributed by atoms with Crippen LogP contribution < -0.4 is 5.32 Å². The lowest BCUT2D eigenvalue weighted by molar-refractivity contribution is 0.681. The average molecular weight is 361 g/mol. The van der Waals surface area contributed by atoms with Gasteiger partial charge in [-0.05, 0) is 56.0 Å². The zero-order valence-electron chi connectivity index (χ0n) is 14.3. The van der Waals surface area contributed by atoms with Crippen molar-refractivity contribution in [1.82, 2.24) is 19.9 Å². The van der Waals surface area contributed by atoms with Gasteiger partial charge in [0.15, 0.2) is 5.82 Å². The molecular weight excluding hydrogens is 342 g/mol. The predicted octanol–water partition coefficient (Wildman–Crippen LogP) is 4.57. The summed E-state index contributed by atoms with van der Waals surface area (Å²) in [5.74, 6) is 0.797. The molecule has 1 aromatic carbocycles. The van der Waals surface area contributed by atoms with E-state index in [1.165, 1.54) is 34.8 Å². The van der Waals surface area contributed by atoms with Crippen LogP contribution in [0.4, 0.5) is 5.69 Å². The second-order valence-electron chi connectivity index (χ2n) is 6.57. The van der Waals surface area contributed by atoms with Crippen LogP contribution >= 0.6 is 11.3 Å². The Kier molecular flexibility index (Phi) is 3.90. The highest BCUT2D eigenvalue weighted by atomic mass is 32.1. The third kappa shape index (κ3) is 2.97. The molecule has 3 heterocycles. The Bertz CT molecular complexity index is 1030. The van der Waals surface area contributed by atoms with E-state index in [0.717, 1.165) is 41.2 Å². The van der Waals surface area contributed by atoms with Gasteiger partial charge in [0.25, 0.3) is 0 Å². The van der Waals surface area contributed by atoms with Crippen molar-refractivity contribution in [1.29, 1.82) is 0 Å². The molecule has 26 heavy (non-hydrogen) atoms. The number of hydrogen-bond donors (Lipinski definition) is 2. The second kappa shape index (κ2) is 6.53. The Morgan fingerprint density at radius 3 is 2.92 bits per heavy atom. The van der Waals surface area contributed by atoms with Gasteiger partial charge in [-0.15, -0.1) is 11.3 Å². The highest BCUT2D eigenvalue weighted by molar-refractivity contribution is 7.11. The molecule has 5 rings (SSSR count). The number of aryl methyl sites for hydroxylation is 2. The maximum absolute atomic E-state index is 4.80. The Morgan fingerprint density at radius 2 is 2.04 bits per heavy atom. The fourth-order valence-corrected chi connectivity index (χ4v) is 4.50. The van der Waals surface area contributed by atoms with Crippen LogP contribution in [0.3, 0.4) is 0 Å². The van der Waals surface area contributed by atoms with E-state index in [4.69, 9.17) is 4.98 Å². The van der Waals surface area contributed by atoms with Crippen LogP contribution in [0.25, 0.3) is 22.6 Å². The summed E-state index contributed by atoms with van der Waals surface area (Å²) in [5.41, 5.74) is 5.20. The molecule has 0 radical (unpaired) electrons. The van der Waals surface area contributed by atoms with E-state index in [-0.39, 0.29) is 0 Å². The first-order valence-corrected chi connectivity index (χ1v) is 9.79. The Balaban J connectivity index is 1.35. The molecule has 0 amide bonds. The smallest absolute Gasteiger partial charge is 0.157 e. The molecule has 0 unspecified atom stereocenters. The molecule has 0 atom stereocenters. The molecular formula is C20H19N5S. The molecule has 1 aliphatic carbocycles. The van der Waals surface area contributed by atoms with Gasteiger partial charge in [-0.1, -0.05) is 6.07 Å². The fourth-order valence-electron chi connectivity index (χ4n) is 3.40. The fraction of sp³-hybridized carbons (Fsp3) is 0.250. The summed E-state index contributed by atoms with van der Waals surface area (Å²) in [6, 6.07) is 12.0. The number of rotatable bonds is 4. The summed E-state index contributed by atoms with van der Waals surface area (Å²) in [4.78, 5) is 18.6. The maximum Gasteiger partial charge on any atom is 0.157 e. The van der Waals surface area contributed by atoms with Crippen molar-refractivity contribution in [2.45, 2.75) is 32.2 Å². The van der Waals surface area contributed by atoms with Gasteiger partial charge >= 0.3 is 0 Å². The minimum Gasteiger partial charge on any atom is -0.378 e. The van der Waals surface area contributed by atoms with E-state index < -0.39 is 0 Å². The lowest BCUT2D eigenvalue weighted by Crippen LogP contribution is -2.01. The highest BCUT2D eigenvalue weighted by Gasteiger charge is 2.15. The Morgan fingerprint density at radius 1 is 1.08 bits per heavy atom. The summed E-state index contributed by atoms with van der Waals surface area (Å²) in [6.45, 7) is 0.768. The molecule has 5 nitrogen and oxygen atoms in total. The summed E-state index contributed by atoms with van der Waals surface area (Å²) < 4.78 is 0. The minimum absolute atomic E-state index is 0.768. The molecule has 0 saturated carbocycles. The maximum atomic E-state index is 4.80. The minimum atomic E-state index is 0.768. The number of fused-ring (bicyclic) bond motifs is 2. The van der Waals surface area contributed by atoms with Crippen LogP contribution in [0.1, 0.15) is 28.4 Å². The van der Waals surface area contributed by atoms with Gasteiger partial charge in [0, 0.05) is 16.8 Å². The van der Waals surface area contributed by atoms with Gasteiger partial charge in [0.2, 0.25) is 0 Å². The van der Waals surface area contributed by atoms with Gasteiger partial charge in [-0.2, -0.15) is 0 Å². The van der Waals surface area contributed by atoms with Crippen LogP contribution in [0.5, 0.6) is 0 Å². The number of aromatic amines is 1. The van der Waals surface area contributed by atoms with Crippen LogP contribution in [0, 0.1) is 0 Å². The van der Waals surface area contributed by atoms with Crippen molar-refractivity contribution in [3.63, 3.8) is 0 Å². The quantitative estimate of drug-likeness (QED) is 0.559. The molecule has 0 spiro atoms. The van der Waals surface area contributed by atoms with Crippen LogP contribution in [-0.2, 0) is 19.4 Å². The molecule has 4 aromatic rings. The monoisotopic (exact) mass is 361 g/mol. The first-order chi connectivity index (χ1) is 12.8. The highest BCUT2D eigenvalue weighted by Crippen LogP contribution is 2.27. The Hall–Kier alpha value is -2.73. The standard InChI is InChI=1S/C20H19N5S/c1-2-7-18-15(5-1)23-19(26-18)12-22-13-8-9-14-17(11-13)25-20(24-14)16-6-3-4-10-21-16/h3-4,6,8-11,22H,1-2,5,7,12H2,(H,24,25). The first kappa shape index (κ1) is 15.5. The molecule has 3 aromatic heterocycles. The Labute approximate surface area is 155 Å². The topological polar surface area (TPSA) is 66.5 Å². The van der Waals surface area contributed by atoms with Crippen molar-refractivity contribution in [3.8, 4) is 11.5 Å². The number of nitrogens with one attached hydrogen (secondary N) is 2. The number of anilines is 1. The summed E-state index contributed by atoms with van der Waals surface area (Å²) in [5, 5.41) is 4.67. The lowest BCUT2D eigenvalue weighted by atomic mass is 10.0. The van der Waals surface area contributed by atoms with E-state index in [0.29, 0.717) is 0 Å². The van der Waals surface area contributed by atoms with Crippen LogP contribution in [0.2, 0.25) is 0 Å². The van der Waals surface area contributed by atoms with Crippen LogP contribution in [0.15, 0.2) is 42.6 Å². The number of nitrogens with zero attached hydrogens (tertiary/aromatic N) is 3. The summed E-state index contributed by atoms with van der Waals surface area (Å²) >= 11 is 1.86. The van der Waals surface area contributed by atoms with Crippen molar-refractivity contribution >= 4 is 28.1 Å². The number of thiazole rings is 1. The third-order valence-corrected chi connectivity index (χ3v) is 5.88. The molecule has 6 heteroatoms. The van der Waals surface area contributed by atoms with E-state index in [2.05, 4.69) is 32.4 Å². The van der Waals surface area contributed by atoms with E-state index in [1.54, 1.807) is 6.20 Å². The number of hydrogen-bond acceptors (Lipinski definition) is 5. The number of aromatic nitrogens is 4. The summed E-state index contributed by atoms with van der Waals surface area (Å²) in [6.07, 6.45) is 6.70. The lowest BCUT2D eigenvalue weighted by Gasteiger charge is -2.06. The van der Waals surface area contributed by atoms with Gasteiger partial charge in [0.1, 0.15) is 10.7 Å². The number of pyridine rings is 1. The molecule has 0 aliphatic heterocycles. The zero-order chi connectivity index (χ0) is 17.3. The number of H-pyrrole nitrogens is 1. The van der Waals surface area contributed by atoms with Crippen LogP contribution in [-0.4, -0.2) is 19.9 Å². The van der Waals surface area contributed by atoms with Gasteiger partial charge in [-0.25, -0.2) is 9.97 Å². The second-order valence-corrected chi connectivity index (χ2v) is 7.74. The number of imidazole rings is 1. The normalized spacial score (nSPS) is 13.7. The molecule has 0 fully saturated rings. The van der Waals surface area contributed by atoms with E-state index in [9.17, 15) is 0 Å². The largest absolute Gasteiger partial charge is 0.378 e. The van der Waals surface area contributed by atoms with Crippen molar-refractivity contribution in [2.24, 2.45) is 0 Å². The molecule has 2 N–H and O–H groups in total. The van der Waals surface area contributed by atoms with Gasteiger partial charge in [0.05, 0.1) is 23.3 Å². The summed E-state index contributed by atoms with van der Waals surface area (Å²) in [7, 11) is 0. The molecule has 130 valence electrons. The molecule has 0 saturated heterocycles. The van der Waals surface area contributed by atoms with E-state index >= 15 is 0 Å². The van der Waals surface area contributed by atoms with Crippen molar-refractivity contribution in [3.05, 3.63) is 58.2 Å². The van der Waals surface area contributed by atoms with Crippen molar-refractivity contribution < 1.29 is 0 Å². The zero-order valence-corrected chi connectivity index (χ0v) is 15.1. The molecule has 0 bridgehead atoms. The predicted molar refractivity (Wildman–Crippen MR) is 105 cm³/mol. The third-order valence-electron chi connectivity index (χ3n) is 4.72. The first-order valence-electron chi connectivity index (χ1n) is 8.98. The molecule has 1 aliphatic rings. The van der Waals surface area contributed by atoms with Gasteiger partial charge < -0.3 is 10.3 Å². The SMILES string of the molecule is c1ccc(-c2nc3ccc(NCc4nc5c(s4)CCCC5)cc3[nH]2)nc1. The van der Waals surface area contributed by atoms with E-state index in [1.807, 2.05) is 35.6 Å². The van der Waals surface area contributed by atoms with Gasteiger partial charge in [-0.3, -0.25) is 4.98 Å². The van der Waals surface area contributed by atoms with Crippen molar-refractivity contribution in [2.75, 3.05) is 5.32 Å². The number of benzene rings is 1.